The van der Waals surface area contributed by atoms with Crippen LogP contribution >= 0.6 is 0 Å². The quantitative estimate of drug-likeness (QED) is 0.523. The standard InChI is InChI=1S/C9H4O5/c10-7(11)4-1-5-3-6(2-4)9(13)14-8(5)12/h1-3H,(H,10,11). The van der Waals surface area contributed by atoms with E-state index in [1.807, 2.05) is 0 Å². The van der Waals surface area contributed by atoms with E-state index in [1.165, 1.54) is 18.2 Å². The van der Waals surface area contributed by atoms with Crippen molar-refractivity contribution < 1.29 is 24.2 Å². The Labute approximate surface area is 77.9 Å². The summed E-state index contributed by atoms with van der Waals surface area (Å²) in [5, 5.41) is 8.66. The van der Waals surface area contributed by atoms with Gasteiger partial charge in [-0.2, -0.15) is 0 Å². The Kier molecular flexibility index (Phi) is 1.60. The Morgan fingerprint density at radius 1 is 1.07 bits per heavy atom. The summed E-state index contributed by atoms with van der Waals surface area (Å²) < 4.78 is 4.33. The number of esters is 2. The number of carboxylic acid groups (broad SMARTS) is 1. The van der Waals surface area contributed by atoms with Gasteiger partial charge in [-0.05, 0) is 18.2 Å². The van der Waals surface area contributed by atoms with Crippen LogP contribution in [0.5, 0.6) is 0 Å². The smallest absolute Gasteiger partial charge is 0.346 e. The minimum absolute atomic E-state index is 0.0829. The minimum atomic E-state index is -1.18. The molecule has 1 aromatic carbocycles. The van der Waals surface area contributed by atoms with E-state index in [4.69, 9.17) is 5.11 Å². The zero-order valence-electron chi connectivity index (χ0n) is 6.81. The average Bonchev–Trinajstić information content (AvgIpc) is 2.15. The van der Waals surface area contributed by atoms with Crippen molar-refractivity contribution in [2.24, 2.45) is 0 Å². The van der Waals surface area contributed by atoms with E-state index in [-0.39, 0.29) is 16.7 Å². The van der Waals surface area contributed by atoms with Crippen LogP contribution in [0.2, 0.25) is 0 Å². The summed E-state index contributed by atoms with van der Waals surface area (Å²) in [4.78, 5) is 32.6. The number of carboxylic acids is 1. The molecule has 1 aliphatic rings. The van der Waals surface area contributed by atoms with E-state index in [0.29, 0.717) is 0 Å². The molecule has 0 amide bonds. The predicted molar refractivity (Wildman–Crippen MR) is 43.1 cm³/mol. The third-order valence-electron chi connectivity index (χ3n) is 1.84. The number of hydrogen-bond acceptors (Lipinski definition) is 4. The first-order valence-corrected chi connectivity index (χ1v) is 3.73. The Bertz CT molecular complexity index is 427. The third kappa shape index (κ3) is 1.15. The van der Waals surface area contributed by atoms with Crippen LogP contribution in [-0.2, 0) is 4.74 Å². The molecule has 0 aliphatic carbocycles. The van der Waals surface area contributed by atoms with Crippen molar-refractivity contribution in [1.29, 1.82) is 0 Å². The highest BCUT2D eigenvalue weighted by Gasteiger charge is 2.24. The highest BCUT2D eigenvalue weighted by molar-refractivity contribution is 6.09. The van der Waals surface area contributed by atoms with Crippen molar-refractivity contribution in [1.82, 2.24) is 0 Å². The molecule has 0 spiro atoms. The van der Waals surface area contributed by atoms with Gasteiger partial charge in [0.25, 0.3) is 0 Å². The van der Waals surface area contributed by atoms with Gasteiger partial charge in [-0.15, -0.1) is 0 Å². The highest BCUT2D eigenvalue weighted by Crippen LogP contribution is 2.18. The molecule has 0 unspecified atom stereocenters. The van der Waals surface area contributed by atoms with Gasteiger partial charge in [0.05, 0.1) is 16.7 Å². The Balaban J connectivity index is 2.65. The summed E-state index contributed by atoms with van der Waals surface area (Å²) in [7, 11) is 0. The summed E-state index contributed by atoms with van der Waals surface area (Å²) in [5.41, 5.74) is 0.0708. The molecular weight excluding hydrogens is 188 g/mol. The first-order valence-electron chi connectivity index (χ1n) is 3.73. The fourth-order valence-electron chi connectivity index (χ4n) is 1.19. The molecule has 1 aliphatic heterocycles. The lowest BCUT2D eigenvalue weighted by Gasteiger charge is -2.11. The summed E-state index contributed by atoms with van der Waals surface area (Å²) in [5.74, 6) is -2.81. The van der Waals surface area contributed by atoms with Crippen molar-refractivity contribution >= 4 is 17.9 Å². The van der Waals surface area contributed by atoms with Crippen molar-refractivity contribution in [3.63, 3.8) is 0 Å². The van der Waals surface area contributed by atoms with Crippen molar-refractivity contribution in [3.05, 3.63) is 34.9 Å². The Morgan fingerprint density at radius 3 is 2.00 bits per heavy atom. The maximum absolute atomic E-state index is 11.0. The lowest BCUT2D eigenvalue weighted by atomic mass is 10.0. The van der Waals surface area contributed by atoms with Gasteiger partial charge in [-0.3, -0.25) is 0 Å². The lowest BCUT2D eigenvalue weighted by molar-refractivity contribution is 0.0385. The van der Waals surface area contributed by atoms with Crippen LogP contribution in [0.4, 0.5) is 0 Å². The molecule has 1 N–H and O–H groups in total. The van der Waals surface area contributed by atoms with Gasteiger partial charge in [0.15, 0.2) is 0 Å². The molecular formula is C9H4O5. The molecule has 0 aromatic heterocycles. The number of rotatable bonds is 1. The van der Waals surface area contributed by atoms with Crippen LogP contribution < -0.4 is 0 Å². The monoisotopic (exact) mass is 192 g/mol. The topological polar surface area (TPSA) is 80.7 Å². The van der Waals surface area contributed by atoms with E-state index in [0.717, 1.165) is 0 Å². The Morgan fingerprint density at radius 2 is 1.57 bits per heavy atom. The van der Waals surface area contributed by atoms with Crippen LogP contribution in [0.15, 0.2) is 18.2 Å². The van der Waals surface area contributed by atoms with Crippen LogP contribution in [0.25, 0.3) is 0 Å². The second kappa shape index (κ2) is 2.66. The molecule has 1 heterocycles. The third-order valence-corrected chi connectivity index (χ3v) is 1.84. The highest BCUT2D eigenvalue weighted by atomic mass is 16.6. The SMILES string of the molecule is O=C(O)c1cc2cc(c1)C(=O)OC2=O. The first kappa shape index (κ1) is 8.43. The van der Waals surface area contributed by atoms with Gasteiger partial charge >= 0.3 is 17.9 Å². The molecule has 5 heteroatoms. The summed E-state index contributed by atoms with van der Waals surface area (Å²) >= 11 is 0. The fraction of sp³-hybridized carbons (Fsp3) is 0. The van der Waals surface area contributed by atoms with E-state index in [2.05, 4.69) is 4.74 Å². The first-order chi connectivity index (χ1) is 6.58. The van der Waals surface area contributed by atoms with Crippen LogP contribution in [0.1, 0.15) is 31.1 Å². The van der Waals surface area contributed by atoms with Crippen LogP contribution in [0.3, 0.4) is 0 Å². The normalized spacial score (nSPS) is 13.7. The fourth-order valence-corrected chi connectivity index (χ4v) is 1.19. The van der Waals surface area contributed by atoms with Crippen molar-refractivity contribution in [2.45, 2.75) is 0 Å². The summed E-state index contributed by atoms with van der Waals surface area (Å²) in [6.07, 6.45) is 0. The molecule has 14 heavy (non-hydrogen) atoms. The van der Waals surface area contributed by atoms with Crippen molar-refractivity contribution in [3.8, 4) is 0 Å². The Hall–Kier alpha value is -2.17. The van der Waals surface area contributed by atoms with Crippen LogP contribution in [-0.4, -0.2) is 23.0 Å². The van der Waals surface area contributed by atoms with Crippen LogP contribution in [0, 0.1) is 0 Å². The number of ether oxygens (including phenoxy) is 1. The molecule has 2 rings (SSSR count). The van der Waals surface area contributed by atoms with Gasteiger partial charge in [-0.25, -0.2) is 14.4 Å². The summed E-state index contributed by atoms with van der Waals surface area (Å²) in [6, 6.07) is 3.64. The van der Waals surface area contributed by atoms with Gasteiger partial charge in [0.1, 0.15) is 0 Å². The second-order valence-electron chi connectivity index (χ2n) is 2.78. The summed E-state index contributed by atoms with van der Waals surface area (Å²) in [6.45, 7) is 0. The molecule has 0 saturated carbocycles. The maximum atomic E-state index is 11.0. The number of carbonyl (C=O) groups is 3. The molecule has 0 atom stereocenters. The zero-order valence-corrected chi connectivity index (χ0v) is 6.81. The lowest BCUT2D eigenvalue weighted by Crippen LogP contribution is -2.20. The van der Waals surface area contributed by atoms with E-state index in [1.54, 1.807) is 0 Å². The number of carbonyl (C=O) groups excluding carboxylic acids is 2. The number of fused-ring (bicyclic) bond motifs is 2. The molecule has 2 bridgehead atoms. The molecule has 70 valence electrons. The molecule has 0 saturated heterocycles. The van der Waals surface area contributed by atoms with Gasteiger partial charge in [-0.1, -0.05) is 0 Å². The van der Waals surface area contributed by atoms with E-state index < -0.39 is 17.9 Å². The van der Waals surface area contributed by atoms with E-state index in [9.17, 15) is 14.4 Å². The number of cyclic esters (lactones) is 2. The number of aromatic carboxylic acids is 1. The van der Waals surface area contributed by atoms with Gasteiger partial charge in [0, 0.05) is 0 Å². The minimum Gasteiger partial charge on any atom is -0.478 e. The molecule has 0 radical (unpaired) electrons. The maximum Gasteiger partial charge on any atom is 0.346 e. The molecule has 1 aromatic rings. The largest absolute Gasteiger partial charge is 0.478 e. The second-order valence-corrected chi connectivity index (χ2v) is 2.78. The number of hydrogen-bond donors (Lipinski definition) is 1. The van der Waals surface area contributed by atoms with Crippen molar-refractivity contribution in [2.75, 3.05) is 0 Å². The van der Waals surface area contributed by atoms with Gasteiger partial charge < -0.3 is 9.84 Å². The molecule has 5 nitrogen and oxygen atoms in total. The molecule has 0 fully saturated rings. The van der Waals surface area contributed by atoms with Gasteiger partial charge in [0.2, 0.25) is 0 Å². The van der Waals surface area contributed by atoms with E-state index >= 15 is 0 Å². The predicted octanol–water partition coefficient (Wildman–Crippen LogP) is 0.695. The average molecular weight is 192 g/mol. The zero-order chi connectivity index (χ0) is 10.3. The number of benzene rings is 1.